The molecule has 4 heterocycles. The minimum Gasteiger partial charge on any atom is -0.508 e. The molecule has 0 aliphatic rings. The normalized spacial score (nSPS) is 11.5. The molecule has 0 aliphatic carbocycles. The first kappa shape index (κ1) is 21.9. The van der Waals surface area contributed by atoms with Crippen molar-refractivity contribution in [2.24, 2.45) is 0 Å². The van der Waals surface area contributed by atoms with Crippen LogP contribution in [0.4, 0.5) is 5.69 Å². The number of nitrogens with two attached hydrogens (primary N) is 1. The number of pyridine rings is 1. The first-order chi connectivity index (χ1) is 17.4. The number of rotatable bonds is 4. The Labute approximate surface area is 209 Å². The molecule has 0 radical (unpaired) electrons. The summed E-state index contributed by atoms with van der Waals surface area (Å²) < 4.78 is 7.69. The number of anilines is 1. The van der Waals surface area contributed by atoms with Crippen LogP contribution in [-0.4, -0.2) is 33.8 Å². The van der Waals surface area contributed by atoms with E-state index in [1.54, 1.807) is 39.7 Å². The molecule has 2 aromatic carbocycles. The summed E-state index contributed by atoms with van der Waals surface area (Å²) >= 11 is 1.20. The van der Waals surface area contributed by atoms with E-state index < -0.39 is 0 Å². The van der Waals surface area contributed by atoms with Gasteiger partial charge in [0.1, 0.15) is 29.2 Å². The van der Waals surface area contributed by atoms with E-state index in [1.807, 2.05) is 44.2 Å². The zero-order valence-corrected chi connectivity index (χ0v) is 20.3. The van der Waals surface area contributed by atoms with Gasteiger partial charge in [0, 0.05) is 17.4 Å². The van der Waals surface area contributed by atoms with Gasteiger partial charge in [-0.25, -0.2) is 14.6 Å². The van der Waals surface area contributed by atoms with Gasteiger partial charge in [-0.15, -0.1) is 0 Å². The van der Waals surface area contributed by atoms with E-state index in [4.69, 9.17) is 15.8 Å². The summed E-state index contributed by atoms with van der Waals surface area (Å²) in [5, 5.41) is 16.1. The maximum atomic E-state index is 13.8. The lowest BCUT2D eigenvalue weighted by Crippen LogP contribution is -2.26. The molecule has 0 amide bonds. The predicted molar refractivity (Wildman–Crippen MR) is 141 cm³/mol. The maximum Gasteiger partial charge on any atom is 0.268 e. The number of phenolic OH excluding ortho intramolecular Hbond substituents is 1. The number of aromatic nitrogens is 6. The van der Waals surface area contributed by atoms with Gasteiger partial charge in [-0.05, 0) is 55.2 Å². The SMILES string of the molecule is Cc1ccccc1-n1c(Cn2nc(-c3cccc(O)c3)c3c(N)ccnc32)nc2snc(C)c2c1=O. The molecule has 0 saturated carbocycles. The largest absolute Gasteiger partial charge is 0.508 e. The zero-order valence-electron chi connectivity index (χ0n) is 19.5. The van der Waals surface area contributed by atoms with Gasteiger partial charge in [-0.2, -0.15) is 9.47 Å². The third-order valence-electron chi connectivity index (χ3n) is 6.18. The molecule has 6 rings (SSSR count). The highest BCUT2D eigenvalue weighted by Gasteiger charge is 2.21. The van der Waals surface area contributed by atoms with Crippen molar-refractivity contribution in [2.75, 3.05) is 5.73 Å². The van der Waals surface area contributed by atoms with Crippen LogP contribution < -0.4 is 11.3 Å². The fourth-order valence-electron chi connectivity index (χ4n) is 4.47. The lowest BCUT2D eigenvalue weighted by molar-refractivity contribution is 0.475. The van der Waals surface area contributed by atoms with Crippen molar-refractivity contribution >= 4 is 38.5 Å². The van der Waals surface area contributed by atoms with Gasteiger partial charge in [0.05, 0.1) is 16.8 Å². The van der Waals surface area contributed by atoms with Crippen LogP contribution in [0.5, 0.6) is 5.75 Å². The van der Waals surface area contributed by atoms with Crippen molar-refractivity contribution in [2.45, 2.75) is 20.4 Å². The van der Waals surface area contributed by atoms with E-state index >= 15 is 0 Å². The van der Waals surface area contributed by atoms with Crippen molar-refractivity contribution in [3.63, 3.8) is 0 Å². The van der Waals surface area contributed by atoms with Gasteiger partial charge < -0.3 is 10.8 Å². The number of aryl methyl sites for hydroxylation is 2. The molecule has 178 valence electrons. The van der Waals surface area contributed by atoms with Crippen LogP contribution in [0.1, 0.15) is 17.1 Å². The summed E-state index contributed by atoms with van der Waals surface area (Å²) in [6, 6.07) is 16.2. The molecule has 9 nitrogen and oxygen atoms in total. The predicted octanol–water partition coefficient (Wildman–Crippen LogP) is 4.21. The Hall–Kier alpha value is -4.57. The lowest BCUT2D eigenvalue weighted by atomic mass is 10.1. The van der Waals surface area contributed by atoms with Crippen LogP contribution in [-0.2, 0) is 6.54 Å². The van der Waals surface area contributed by atoms with E-state index in [2.05, 4.69) is 9.36 Å². The summed E-state index contributed by atoms with van der Waals surface area (Å²) in [6.07, 6.45) is 1.62. The number of hydrogen-bond donors (Lipinski definition) is 2. The van der Waals surface area contributed by atoms with Crippen molar-refractivity contribution < 1.29 is 5.11 Å². The van der Waals surface area contributed by atoms with Gasteiger partial charge >= 0.3 is 0 Å². The van der Waals surface area contributed by atoms with E-state index in [1.165, 1.54) is 11.5 Å². The van der Waals surface area contributed by atoms with Crippen LogP contribution in [0.3, 0.4) is 0 Å². The second-order valence-electron chi connectivity index (χ2n) is 8.56. The van der Waals surface area contributed by atoms with Gasteiger partial charge in [-0.3, -0.25) is 9.36 Å². The molecule has 0 saturated heterocycles. The third-order valence-corrected chi connectivity index (χ3v) is 7.02. The minimum absolute atomic E-state index is 0.124. The van der Waals surface area contributed by atoms with Crippen molar-refractivity contribution in [3.05, 3.63) is 88.2 Å². The highest BCUT2D eigenvalue weighted by molar-refractivity contribution is 7.12. The highest BCUT2D eigenvalue weighted by atomic mass is 32.1. The average Bonchev–Trinajstić information content (AvgIpc) is 3.42. The van der Waals surface area contributed by atoms with Gasteiger partial charge in [0.15, 0.2) is 10.5 Å². The number of nitrogens with zero attached hydrogens (tertiary/aromatic N) is 6. The Morgan fingerprint density at radius 3 is 2.69 bits per heavy atom. The number of hydrogen-bond acceptors (Lipinski definition) is 8. The first-order valence-corrected chi connectivity index (χ1v) is 12.0. The van der Waals surface area contributed by atoms with E-state index in [0.29, 0.717) is 49.7 Å². The second kappa shape index (κ2) is 8.28. The van der Waals surface area contributed by atoms with Crippen LogP contribution in [0, 0.1) is 13.8 Å². The molecule has 0 spiro atoms. The average molecular weight is 496 g/mol. The van der Waals surface area contributed by atoms with E-state index in [0.717, 1.165) is 11.3 Å². The second-order valence-corrected chi connectivity index (χ2v) is 9.31. The summed E-state index contributed by atoms with van der Waals surface area (Å²) in [6.45, 7) is 3.95. The molecule has 3 N–H and O–H groups in total. The fraction of sp³-hybridized carbons (Fsp3) is 0.115. The monoisotopic (exact) mass is 495 g/mol. The molecular weight excluding hydrogens is 474 g/mol. The molecule has 6 aromatic rings. The molecular formula is C26H21N7O2S. The Kier molecular flexibility index (Phi) is 5.04. The zero-order chi connectivity index (χ0) is 25.0. The molecule has 10 heteroatoms. The Morgan fingerprint density at radius 1 is 1.06 bits per heavy atom. The number of fused-ring (bicyclic) bond motifs is 2. The number of aromatic hydroxyl groups is 1. The Bertz CT molecular complexity index is 1850. The highest BCUT2D eigenvalue weighted by Crippen LogP contribution is 2.33. The first-order valence-electron chi connectivity index (χ1n) is 11.3. The molecule has 0 aliphatic heterocycles. The summed E-state index contributed by atoms with van der Waals surface area (Å²) in [5.41, 5.74) is 10.9. The third kappa shape index (κ3) is 3.42. The summed E-state index contributed by atoms with van der Waals surface area (Å²) in [7, 11) is 0. The molecule has 4 aromatic heterocycles. The van der Waals surface area contributed by atoms with Crippen LogP contribution in [0.25, 0.3) is 38.2 Å². The van der Waals surface area contributed by atoms with Gasteiger partial charge in [0.2, 0.25) is 0 Å². The van der Waals surface area contributed by atoms with Crippen LogP contribution >= 0.6 is 11.5 Å². The standard InChI is InChI=1S/C26H21N7O2S/c1-14-6-3-4-9-19(14)33-20(29-25-21(26(33)35)15(2)31-36-25)13-32-24-22(18(27)10-11-28-24)23(30-32)16-7-5-8-17(34)12-16/h3-12,34H,13H2,1-2H3,(H2,27,28). The topological polar surface area (TPSA) is 125 Å². The fourth-order valence-corrected chi connectivity index (χ4v) is 5.25. The number of nitrogen functional groups attached to an aromatic ring is 1. The summed E-state index contributed by atoms with van der Waals surface area (Å²) in [5.74, 6) is 0.625. The molecule has 36 heavy (non-hydrogen) atoms. The van der Waals surface area contributed by atoms with Gasteiger partial charge in [-0.1, -0.05) is 30.3 Å². The van der Waals surface area contributed by atoms with Crippen LogP contribution in [0.15, 0.2) is 65.6 Å². The van der Waals surface area contributed by atoms with E-state index in [-0.39, 0.29) is 17.9 Å². The lowest BCUT2D eigenvalue weighted by Gasteiger charge is -2.15. The Balaban J connectivity index is 1.61. The van der Waals surface area contributed by atoms with Crippen LogP contribution in [0.2, 0.25) is 0 Å². The van der Waals surface area contributed by atoms with E-state index in [9.17, 15) is 9.90 Å². The number of phenols is 1. The Morgan fingerprint density at radius 2 is 1.89 bits per heavy atom. The quantitative estimate of drug-likeness (QED) is 0.375. The number of para-hydroxylation sites is 1. The van der Waals surface area contributed by atoms with Gasteiger partial charge in [0.25, 0.3) is 5.56 Å². The maximum absolute atomic E-state index is 13.8. The van der Waals surface area contributed by atoms with Crippen molar-refractivity contribution in [1.82, 2.24) is 28.7 Å². The number of benzene rings is 2. The van der Waals surface area contributed by atoms with Crippen molar-refractivity contribution in [1.29, 1.82) is 0 Å². The summed E-state index contributed by atoms with van der Waals surface area (Å²) in [4.78, 5) is 23.7. The molecule has 0 bridgehead atoms. The van der Waals surface area contributed by atoms with Crippen molar-refractivity contribution in [3.8, 4) is 22.7 Å². The minimum atomic E-state index is -0.173. The molecule has 0 atom stereocenters. The molecule has 0 fully saturated rings. The molecule has 0 unspecified atom stereocenters. The smallest absolute Gasteiger partial charge is 0.268 e.